The predicted molar refractivity (Wildman–Crippen MR) is 52.7 cm³/mol. The molecule has 3 nitrogen and oxygen atoms in total. The third-order valence-electron chi connectivity index (χ3n) is 1.69. The first-order valence-corrected chi connectivity index (χ1v) is 5.05. The van der Waals surface area contributed by atoms with Gasteiger partial charge in [0.25, 0.3) is 0 Å². The van der Waals surface area contributed by atoms with E-state index in [-0.39, 0.29) is 18.6 Å². The molecule has 0 saturated carbocycles. The van der Waals surface area contributed by atoms with Crippen LogP contribution >= 0.6 is 11.3 Å². The van der Waals surface area contributed by atoms with Crippen LogP contribution < -0.4 is 5.32 Å². The first-order valence-electron chi connectivity index (χ1n) is 4.11. The van der Waals surface area contributed by atoms with E-state index < -0.39 is 0 Å². The molecule has 72 valence electrons. The SMILES string of the molecule is CC(=O)NC(CO)Cc1ccsc1. The average molecular weight is 199 g/mol. The van der Waals surface area contributed by atoms with Crippen molar-refractivity contribution in [2.24, 2.45) is 0 Å². The van der Waals surface area contributed by atoms with Gasteiger partial charge in [0.15, 0.2) is 0 Å². The molecule has 13 heavy (non-hydrogen) atoms. The van der Waals surface area contributed by atoms with Crippen molar-refractivity contribution in [2.75, 3.05) is 6.61 Å². The highest BCUT2D eigenvalue weighted by atomic mass is 32.1. The number of rotatable bonds is 4. The highest BCUT2D eigenvalue weighted by molar-refractivity contribution is 7.07. The zero-order valence-corrected chi connectivity index (χ0v) is 8.30. The quantitative estimate of drug-likeness (QED) is 0.753. The van der Waals surface area contributed by atoms with Crippen LogP contribution in [0, 0.1) is 0 Å². The number of carbonyl (C=O) groups is 1. The summed E-state index contributed by atoms with van der Waals surface area (Å²) in [7, 11) is 0. The van der Waals surface area contributed by atoms with Crippen molar-refractivity contribution in [3.8, 4) is 0 Å². The Morgan fingerprint density at radius 3 is 3.00 bits per heavy atom. The van der Waals surface area contributed by atoms with Crippen LogP contribution in [-0.2, 0) is 11.2 Å². The topological polar surface area (TPSA) is 49.3 Å². The largest absolute Gasteiger partial charge is 0.394 e. The van der Waals surface area contributed by atoms with Crippen molar-refractivity contribution in [3.63, 3.8) is 0 Å². The lowest BCUT2D eigenvalue weighted by Gasteiger charge is -2.13. The van der Waals surface area contributed by atoms with Gasteiger partial charge < -0.3 is 10.4 Å². The summed E-state index contributed by atoms with van der Waals surface area (Å²) in [5.41, 5.74) is 1.15. The van der Waals surface area contributed by atoms with Gasteiger partial charge in [0.1, 0.15) is 0 Å². The van der Waals surface area contributed by atoms with Gasteiger partial charge in [0, 0.05) is 6.92 Å². The Morgan fingerprint density at radius 2 is 2.54 bits per heavy atom. The van der Waals surface area contributed by atoms with Gasteiger partial charge in [-0.05, 0) is 28.8 Å². The van der Waals surface area contributed by atoms with Crippen molar-refractivity contribution in [3.05, 3.63) is 22.4 Å². The lowest BCUT2D eigenvalue weighted by Crippen LogP contribution is -2.37. The van der Waals surface area contributed by atoms with Crippen molar-refractivity contribution >= 4 is 17.2 Å². The highest BCUT2D eigenvalue weighted by Crippen LogP contribution is 2.08. The van der Waals surface area contributed by atoms with E-state index in [0.717, 1.165) is 5.56 Å². The standard InChI is InChI=1S/C9H13NO2S/c1-7(12)10-9(5-11)4-8-2-3-13-6-8/h2-3,6,9,11H,4-5H2,1H3,(H,10,12). The molecule has 1 aromatic rings. The Morgan fingerprint density at radius 1 is 1.77 bits per heavy atom. The molecule has 1 rings (SSSR count). The summed E-state index contributed by atoms with van der Waals surface area (Å²) in [4.78, 5) is 10.7. The minimum atomic E-state index is -0.160. The van der Waals surface area contributed by atoms with Crippen LogP contribution in [0.3, 0.4) is 0 Å². The van der Waals surface area contributed by atoms with Crippen LogP contribution in [0.5, 0.6) is 0 Å². The molecule has 0 aliphatic carbocycles. The monoisotopic (exact) mass is 199 g/mol. The Kier molecular flexibility index (Phi) is 3.92. The number of amides is 1. The van der Waals surface area contributed by atoms with Crippen molar-refractivity contribution in [1.29, 1.82) is 0 Å². The molecule has 1 aromatic heterocycles. The molecule has 0 aliphatic heterocycles. The van der Waals surface area contributed by atoms with Crippen LogP contribution in [0.15, 0.2) is 16.8 Å². The summed E-state index contributed by atoms with van der Waals surface area (Å²) in [5, 5.41) is 15.6. The second-order valence-electron chi connectivity index (χ2n) is 2.92. The normalized spacial score (nSPS) is 12.5. The van der Waals surface area contributed by atoms with Gasteiger partial charge in [0.05, 0.1) is 12.6 Å². The molecule has 0 fully saturated rings. The number of hydrogen-bond donors (Lipinski definition) is 2. The van der Waals surface area contributed by atoms with Gasteiger partial charge in [0.2, 0.25) is 5.91 Å². The summed E-state index contributed by atoms with van der Waals surface area (Å²) in [6.07, 6.45) is 0.694. The molecule has 1 atom stereocenters. The summed E-state index contributed by atoms with van der Waals surface area (Å²) in [6, 6.07) is 1.84. The second-order valence-corrected chi connectivity index (χ2v) is 3.70. The summed E-state index contributed by atoms with van der Waals surface area (Å²) < 4.78 is 0. The Bertz CT molecular complexity index is 259. The summed E-state index contributed by atoms with van der Waals surface area (Å²) in [6.45, 7) is 1.44. The molecule has 2 N–H and O–H groups in total. The average Bonchev–Trinajstić information content (AvgIpc) is 2.55. The van der Waals surface area contributed by atoms with E-state index in [4.69, 9.17) is 5.11 Å². The highest BCUT2D eigenvalue weighted by Gasteiger charge is 2.09. The molecule has 0 aromatic carbocycles. The molecule has 0 radical (unpaired) electrons. The van der Waals surface area contributed by atoms with Crippen LogP contribution in [0.2, 0.25) is 0 Å². The summed E-state index contributed by atoms with van der Waals surface area (Å²) >= 11 is 1.62. The van der Waals surface area contributed by atoms with E-state index >= 15 is 0 Å². The third kappa shape index (κ3) is 3.57. The van der Waals surface area contributed by atoms with Gasteiger partial charge in [-0.15, -0.1) is 0 Å². The molecule has 1 amide bonds. The van der Waals surface area contributed by atoms with Gasteiger partial charge in [-0.1, -0.05) is 0 Å². The first-order chi connectivity index (χ1) is 6.22. The van der Waals surface area contributed by atoms with Crippen molar-refractivity contribution < 1.29 is 9.90 Å². The van der Waals surface area contributed by atoms with E-state index in [1.165, 1.54) is 6.92 Å². The number of nitrogens with one attached hydrogen (secondary N) is 1. The molecular weight excluding hydrogens is 186 g/mol. The number of aliphatic hydroxyl groups is 1. The lowest BCUT2D eigenvalue weighted by molar-refractivity contribution is -0.119. The van der Waals surface area contributed by atoms with Gasteiger partial charge in [-0.2, -0.15) is 11.3 Å². The predicted octanol–water partition coefficient (Wildman–Crippen LogP) is 0.788. The van der Waals surface area contributed by atoms with Crippen molar-refractivity contribution in [1.82, 2.24) is 5.32 Å². The molecule has 0 bridgehead atoms. The maximum Gasteiger partial charge on any atom is 0.217 e. The van der Waals surface area contributed by atoms with Crippen LogP contribution in [0.4, 0.5) is 0 Å². The fourth-order valence-electron chi connectivity index (χ4n) is 1.14. The van der Waals surface area contributed by atoms with Gasteiger partial charge in [-0.3, -0.25) is 4.79 Å². The molecule has 0 spiro atoms. The van der Waals surface area contributed by atoms with Crippen molar-refractivity contribution in [2.45, 2.75) is 19.4 Å². The minimum Gasteiger partial charge on any atom is -0.394 e. The number of carbonyl (C=O) groups excluding carboxylic acids is 1. The minimum absolute atomic E-state index is 0.0184. The zero-order valence-electron chi connectivity index (χ0n) is 7.49. The summed E-state index contributed by atoms with van der Waals surface area (Å²) in [5.74, 6) is -0.103. The smallest absolute Gasteiger partial charge is 0.217 e. The van der Waals surface area contributed by atoms with Crippen LogP contribution in [0.25, 0.3) is 0 Å². The van der Waals surface area contributed by atoms with Crippen LogP contribution in [0.1, 0.15) is 12.5 Å². The van der Waals surface area contributed by atoms with E-state index in [1.54, 1.807) is 11.3 Å². The maximum atomic E-state index is 10.7. The lowest BCUT2D eigenvalue weighted by atomic mass is 10.1. The van der Waals surface area contributed by atoms with Crippen LogP contribution in [-0.4, -0.2) is 23.7 Å². The third-order valence-corrected chi connectivity index (χ3v) is 2.42. The Hall–Kier alpha value is -0.870. The molecule has 4 heteroatoms. The Balaban J connectivity index is 2.45. The Labute approximate surface area is 81.4 Å². The van der Waals surface area contributed by atoms with E-state index in [0.29, 0.717) is 6.42 Å². The number of aliphatic hydroxyl groups excluding tert-OH is 1. The first kappa shape index (κ1) is 10.2. The van der Waals surface area contributed by atoms with E-state index in [1.807, 2.05) is 16.8 Å². The second kappa shape index (κ2) is 4.99. The molecular formula is C9H13NO2S. The maximum absolute atomic E-state index is 10.7. The van der Waals surface area contributed by atoms with Gasteiger partial charge in [-0.25, -0.2) is 0 Å². The number of thiophene rings is 1. The zero-order chi connectivity index (χ0) is 9.68. The molecule has 0 saturated heterocycles. The number of hydrogen-bond acceptors (Lipinski definition) is 3. The molecule has 1 heterocycles. The molecule has 0 aliphatic rings. The van der Waals surface area contributed by atoms with E-state index in [2.05, 4.69) is 5.32 Å². The molecule has 1 unspecified atom stereocenters. The van der Waals surface area contributed by atoms with Gasteiger partial charge >= 0.3 is 0 Å². The fraction of sp³-hybridized carbons (Fsp3) is 0.444. The fourth-order valence-corrected chi connectivity index (χ4v) is 1.82. The van der Waals surface area contributed by atoms with E-state index in [9.17, 15) is 4.79 Å².